The molecule has 4 heterocycles. The molecule has 1 N–H and O–H groups in total. The van der Waals surface area contributed by atoms with Crippen LogP contribution in [0.2, 0.25) is 0 Å². The van der Waals surface area contributed by atoms with Crippen LogP contribution in [0.4, 0.5) is 14.7 Å². The number of anilines is 1. The van der Waals surface area contributed by atoms with Crippen LogP contribution in [-0.2, 0) is 9.53 Å². The number of aromatic nitrogens is 4. The summed E-state index contributed by atoms with van der Waals surface area (Å²) in [5.41, 5.74) is 1.01. The highest BCUT2D eigenvalue weighted by molar-refractivity contribution is 5.78. The second-order valence-electron chi connectivity index (χ2n) is 11.8. The van der Waals surface area contributed by atoms with Crippen LogP contribution in [0.15, 0.2) is 30.3 Å². The average Bonchev–Trinajstić information content (AvgIpc) is 3.65. The van der Waals surface area contributed by atoms with Gasteiger partial charge in [0.15, 0.2) is 5.82 Å². The van der Waals surface area contributed by atoms with E-state index < -0.39 is 6.43 Å². The number of benzene rings is 1. The van der Waals surface area contributed by atoms with Crippen molar-refractivity contribution in [2.75, 3.05) is 57.4 Å². The van der Waals surface area contributed by atoms with Crippen LogP contribution < -0.4 is 15.0 Å². The van der Waals surface area contributed by atoms with E-state index in [4.69, 9.17) is 9.47 Å². The van der Waals surface area contributed by atoms with Gasteiger partial charge < -0.3 is 24.6 Å². The lowest BCUT2D eigenvalue weighted by Crippen LogP contribution is -2.37. The lowest BCUT2D eigenvalue weighted by atomic mass is 10.1. The topological polar surface area (TPSA) is 97.6 Å². The first-order chi connectivity index (χ1) is 21.0. The van der Waals surface area contributed by atoms with Gasteiger partial charge in [-0.05, 0) is 76.2 Å². The Morgan fingerprint density at radius 1 is 1.05 bits per heavy atom. The maximum absolute atomic E-state index is 14.1. The smallest absolute Gasteiger partial charge is 0.296 e. The molecule has 232 valence electrons. The molecular formula is C31H41F2N7O3. The fraction of sp³-hybridized carbons (Fsp3) is 0.613. The summed E-state index contributed by atoms with van der Waals surface area (Å²) in [6.45, 7) is 5.98. The Hall–Kier alpha value is -3.38. The maximum Gasteiger partial charge on any atom is 0.296 e. The van der Waals surface area contributed by atoms with E-state index in [0.717, 1.165) is 45.3 Å². The van der Waals surface area contributed by atoms with E-state index in [-0.39, 0.29) is 29.5 Å². The third-order valence-corrected chi connectivity index (χ3v) is 8.68. The molecule has 6 rings (SSSR count). The summed E-state index contributed by atoms with van der Waals surface area (Å²) in [5.74, 6) is 1.04. The SMILES string of the molecule is O=C(CCCN1CCCCC1)N[C@H]1CCC(COc2cc(-n3c(C(F)F)nc4ccccc43)nc(N3CCOCC3)n2)C1. The first-order valence-corrected chi connectivity index (χ1v) is 15.7. The monoisotopic (exact) mass is 597 g/mol. The standard InChI is InChI=1S/C31H41F2N7O3/c32-29(33)30-35-24-7-2-3-8-25(24)40(30)26-20-28(37-31(36-26)39-15-17-42-18-16-39)43-21-22-10-11-23(19-22)34-27(41)9-6-14-38-12-4-1-5-13-38/h2-3,7-8,20,22-23,29H,1,4-6,9-19,21H2,(H,34,41)/t22?,23-/m0/s1. The summed E-state index contributed by atoms with van der Waals surface area (Å²) in [6, 6.07) is 8.79. The van der Waals surface area contributed by atoms with Crippen LogP contribution in [0, 0.1) is 5.92 Å². The van der Waals surface area contributed by atoms with Crippen LogP contribution in [0.25, 0.3) is 16.9 Å². The van der Waals surface area contributed by atoms with Crippen molar-refractivity contribution in [3.05, 3.63) is 36.2 Å². The first-order valence-electron chi connectivity index (χ1n) is 15.7. The number of carbonyl (C=O) groups is 1. The Balaban J connectivity index is 1.11. The van der Waals surface area contributed by atoms with Gasteiger partial charge in [-0.1, -0.05) is 18.6 Å². The van der Waals surface area contributed by atoms with Gasteiger partial charge in [-0.25, -0.2) is 13.8 Å². The van der Waals surface area contributed by atoms with Gasteiger partial charge in [-0.3, -0.25) is 9.36 Å². The van der Waals surface area contributed by atoms with Gasteiger partial charge in [0.1, 0.15) is 5.82 Å². The number of ether oxygens (including phenoxy) is 2. The van der Waals surface area contributed by atoms with Crippen molar-refractivity contribution in [1.82, 2.24) is 29.7 Å². The van der Waals surface area contributed by atoms with E-state index in [2.05, 4.69) is 25.2 Å². The van der Waals surface area contributed by atoms with E-state index in [1.54, 1.807) is 30.3 Å². The minimum Gasteiger partial charge on any atom is -0.477 e. The molecule has 3 aliphatic rings. The number of hydrogen-bond donors (Lipinski definition) is 1. The molecule has 2 saturated heterocycles. The van der Waals surface area contributed by atoms with Crippen molar-refractivity contribution in [3.8, 4) is 11.7 Å². The number of carbonyl (C=O) groups excluding carboxylic acids is 1. The van der Waals surface area contributed by atoms with Crippen molar-refractivity contribution >= 4 is 22.9 Å². The van der Waals surface area contributed by atoms with Crippen LogP contribution in [0.5, 0.6) is 5.88 Å². The second kappa shape index (κ2) is 13.9. The van der Waals surface area contributed by atoms with Crippen LogP contribution in [-0.4, -0.2) is 88.9 Å². The summed E-state index contributed by atoms with van der Waals surface area (Å²) in [6.07, 6.45) is 5.21. The van der Waals surface area contributed by atoms with Crippen LogP contribution in [0.3, 0.4) is 0 Å². The van der Waals surface area contributed by atoms with Gasteiger partial charge in [0.25, 0.3) is 6.43 Å². The predicted molar refractivity (Wildman–Crippen MR) is 159 cm³/mol. The number of hydrogen-bond acceptors (Lipinski definition) is 8. The average molecular weight is 598 g/mol. The van der Waals surface area contributed by atoms with Gasteiger partial charge in [0.2, 0.25) is 17.7 Å². The largest absolute Gasteiger partial charge is 0.477 e. The summed E-state index contributed by atoms with van der Waals surface area (Å²) in [5, 5.41) is 3.22. The number of halogens is 2. The third-order valence-electron chi connectivity index (χ3n) is 8.68. The highest BCUT2D eigenvalue weighted by atomic mass is 19.3. The molecule has 2 atom stereocenters. The molecule has 10 nitrogen and oxygen atoms in total. The third kappa shape index (κ3) is 7.41. The quantitative estimate of drug-likeness (QED) is 0.345. The van der Waals surface area contributed by atoms with Crippen LogP contribution >= 0.6 is 0 Å². The Bertz CT molecular complexity index is 1370. The zero-order chi connectivity index (χ0) is 29.6. The number of amides is 1. The first kappa shape index (κ1) is 29.7. The van der Waals surface area contributed by atoms with E-state index in [9.17, 15) is 13.6 Å². The minimum absolute atomic E-state index is 0.126. The van der Waals surface area contributed by atoms with Crippen molar-refractivity contribution in [2.45, 2.75) is 63.8 Å². The van der Waals surface area contributed by atoms with Crippen molar-refractivity contribution in [1.29, 1.82) is 0 Å². The number of imidazole rings is 1. The lowest BCUT2D eigenvalue weighted by molar-refractivity contribution is -0.121. The molecule has 1 saturated carbocycles. The summed E-state index contributed by atoms with van der Waals surface area (Å²) in [7, 11) is 0. The number of para-hydroxylation sites is 2. The number of rotatable bonds is 11. The van der Waals surface area contributed by atoms with Crippen molar-refractivity contribution in [3.63, 3.8) is 0 Å². The fourth-order valence-corrected chi connectivity index (χ4v) is 6.43. The normalized spacial score (nSPS) is 21.5. The van der Waals surface area contributed by atoms with Crippen molar-refractivity contribution < 1.29 is 23.0 Å². The lowest BCUT2D eigenvalue weighted by Gasteiger charge is -2.27. The molecule has 3 fully saturated rings. The summed E-state index contributed by atoms with van der Waals surface area (Å²) < 4.78 is 41.3. The van der Waals surface area contributed by atoms with Gasteiger partial charge in [0.05, 0.1) is 30.9 Å². The highest BCUT2D eigenvalue weighted by Gasteiger charge is 2.28. The molecule has 1 aliphatic carbocycles. The molecule has 43 heavy (non-hydrogen) atoms. The molecule has 0 bridgehead atoms. The molecule has 2 aromatic heterocycles. The molecule has 0 radical (unpaired) electrons. The van der Waals surface area contributed by atoms with Gasteiger partial charge in [0, 0.05) is 31.6 Å². The number of likely N-dealkylation sites (tertiary alicyclic amines) is 1. The maximum atomic E-state index is 14.1. The molecule has 0 spiro atoms. The minimum atomic E-state index is -2.78. The number of alkyl halides is 2. The Labute approximate surface area is 250 Å². The highest BCUT2D eigenvalue weighted by Crippen LogP contribution is 2.31. The Kier molecular flexibility index (Phi) is 9.62. The van der Waals surface area contributed by atoms with Crippen LogP contribution in [0.1, 0.15) is 63.6 Å². The van der Waals surface area contributed by atoms with E-state index in [1.807, 2.05) is 4.90 Å². The van der Waals surface area contributed by atoms with Gasteiger partial charge in [-0.15, -0.1) is 0 Å². The van der Waals surface area contributed by atoms with E-state index in [1.165, 1.54) is 23.8 Å². The number of nitrogens with zero attached hydrogens (tertiary/aromatic N) is 6. The zero-order valence-electron chi connectivity index (χ0n) is 24.6. The fourth-order valence-electron chi connectivity index (χ4n) is 6.43. The predicted octanol–water partition coefficient (Wildman–Crippen LogP) is 4.52. The van der Waals surface area contributed by atoms with Gasteiger partial charge in [-0.2, -0.15) is 9.97 Å². The molecular weight excluding hydrogens is 556 g/mol. The molecule has 1 amide bonds. The number of piperidine rings is 1. The Morgan fingerprint density at radius 2 is 1.86 bits per heavy atom. The second-order valence-corrected chi connectivity index (χ2v) is 11.8. The van der Waals surface area contributed by atoms with E-state index >= 15 is 0 Å². The van der Waals surface area contributed by atoms with Crippen molar-refractivity contribution in [2.24, 2.45) is 5.92 Å². The Morgan fingerprint density at radius 3 is 2.67 bits per heavy atom. The molecule has 1 unspecified atom stereocenters. The van der Waals surface area contributed by atoms with E-state index in [0.29, 0.717) is 62.2 Å². The molecule has 3 aromatic rings. The van der Waals surface area contributed by atoms with Gasteiger partial charge >= 0.3 is 0 Å². The number of fused-ring (bicyclic) bond motifs is 1. The number of morpholine rings is 1. The summed E-state index contributed by atoms with van der Waals surface area (Å²) >= 11 is 0. The zero-order valence-corrected chi connectivity index (χ0v) is 24.6. The molecule has 1 aromatic carbocycles. The number of nitrogens with one attached hydrogen (secondary N) is 1. The summed E-state index contributed by atoms with van der Waals surface area (Å²) in [4.78, 5) is 30.6. The molecule has 12 heteroatoms. The molecule has 2 aliphatic heterocycles.